The fourth-order valence-electron chi connectivity index (χ4n) is 4.31. The van der Waals surface area contributed by atoms with E-state index in [1.54, 1.807) is 24.3 Å². The number of hydrogen-bond donors (Lipinski definition) is 3. The third-order valence-corrected chi connectivity index (χ3v) is 6.29. The van der Waals surface area contributed by atoms with Gasteiger partial charge in [0, 0.05) is 42.4 Å². The maximum absolute atomic E-state index is 14.3. The molecular weight excluding hydrogens is 426 g/mol. The van der Waals surface area contributed by atoms with Crippen LogP contribution in [0, 0.1) is 5.82 Å². The number of carbonyl (C=O) groups is 1. The van der Waals surface area contributed by atoms with Gasteiger partial charge in [-0.05, 0) is 49.2 Å². The largest absolute Gasteiger partial charge is 0.368 e. The van der Waals surface area contributed by atoms with Crippen LogP contribution in [0.5, 0.6) is 0 Å². The molecule has 2 aliphatic rings. The lowest BCUT2D eigenvalue weighted by Crippen LogP contribution is -2.56. The van der Waals surface area contributed by atoms with Crippen molar-refractivity contribution in [1.29, 1.82) is 0 Å². The van der Waals surface area contributed by atoms with Gasteiger partial charge in [-0.1, -0.05) is 12.1 Å². The van der Waals surface area contributed by atoms with Gasteiger partial charge in [0.15, 0.2) is 0 Å². The van der Waals surface area contributed by atoms with Crippen molar-refractivity contribution in [1.82, 2.24) is 25.8 Å². The monoisotopic (exact) mass is 450 g/mol. The van der Waals surface area contributed by atoms with Crippen LogP contribution >= 0.6 is 0 Å². The van der Waals surface area contributed by atoms with E-state index >= 15 is 0 Å². The SMILES string of the molecule is O=C(NC1CNC1)c1cccc(-c2ccc(NCC3(c4ncccc4F)CC(F)C3)nn2)c1. The molecule has 3 heterocycles. The molecule has 0 radical (unpaired) electrons. The number of hydrogen-bond acceptors (Lipinski definition) is 6. The minimum absolute atomic E-state index is 0.117. The van der Waals surface area contributed by atoms with E-state index in [-0.39, 0.29) is 30.5 Å². The molecule has 1 saturated carbocycles. The Hall–Kier alpha value is -3.46. The number of benzene rings is 1. The first-order valence-corrected chi connectivity index (χ1v) is 11.0. The lowest BCUT2D eigenvalue weighted by Gasteiger charge is -2.44. The lowest BCUT2D eigenvalue weighted by molar-refractivity contribution is 0.0923. The van der Waals surface area contributed by atoms with E-state index in [1.807, 2.05) is 12.1 Å². The smallest absolute Gasteiger partial charge is 0.251 e. The Labute approximate surface area is 190 Å². The van der Waals surface area contributed by atoms with E-state index in [2.05, 4.69) is 31.1 Å². The number of alkyl halides is 1. The van der Waals surface area contributed by atoms with Crippen LogP contribution < -0.4 is 16.0 Å². The third-order valence-electron chi connectivity index (χ3n) is 6.29. The van der Waals surface area contributed by atoms with Crippen molar-refractivity contribution in [2.45, 2.75) is 30.5 Å². The zero-order valence-corrected chi connectivity index (χ0v) is 17.9. The Morgan fingerprint density at radius 1 is 1.12 bits per heavy atom. The molecular formula is C24H24F2N6O. The van der Waals surface area contributed by atoms with Gasteiger partial charge in [0.05, 0.1) is 17.4 Å². The average molecular weight is 450 g/mol. The minimum Gasteiger partial charge on any atom is -0.368 e. The summed E-state index contributed by atoms with van der Waals surface area (Å²) in [6, 6.07) is 13.8. The molecule has 1 aromatic carbocycles. The molecule has 170 valence electrons. The zero-order valence-electron chi connectivity index (χ0n) is 17.9. The second-order valence-corrected chi connectivity index (χ2v) is 8.69. The van der Waals surface area contributed by atoms with Crippen LogP contribution in [0.1, 0.15) is 28.9 Å². The number of amides is 1. The highest BCUT2D eigenvalue weighted by atomic mass is 19.1. The summed E-state index contributed by atoms with van der Waals surface area (Å²) in [4.78, 5) is 16.6. The molecule has 7 nitrogen and oxygen atoms in total. The Balaban J connectivity index is 1.27. The molecule has 33 heavy (non-hydrogen) atoms. The van der Waals surface area contributed by atoms with Crippen molar-refractivity contribution in [3.8, 4) is 11.3 Å². The maximum atomic E-state index is 14.3. The number of halogens is 2. The summed E-state index contributed by atoms with van der Waals surface area (Å²) in [7, 11) is 0. The van der Waals surface area contributed by atoms with Crippen LogP contribution in [0.4, 0.5) is 14.6 Å². The van der Waals surface area contributed by atoms with Crippen molar-refractivity contribution in [2.24, 2.45) is 0 Å². The minimum atomic E-state index is -0.966. The zero-order chi connectivity index (χ0) is 22.8. The summed E-state index contributed by atoms with van der Waals surface area (Å²) in [6.45, 7) is 1.87. The number of nitrogens with one attached hydrogen (secondary N) is 3. The number of carbonyl (C=O) groups excluding carboxylic acids is 1. The summed E-state index contributed by atoms with van der Waals surface area (Å²) in [5.74, 6) is -0.0402. The van der Waals surface area contributed by atoms with Crippen LogP contribution in [0.15, 0.2) is 54.7 Å². The second-order valence-electron chi connectivity index (χ2n) is 8.69. The van der Waals surface area contributed by atoms with Crippen LogP contribution in [0.3, 0.4) is 0 Å². The Kier molecular flexibility index (Phi) is 5.72. The summed E-state index contributed by atoms with van der Waals surface area (Å²) < 4.78 is 28.1. The molecule has 2 aromatic heterocycles. The Bertz CT molecular complexity index is 1150. The molecule has 0 atom stereocenters. The van der Waals surface area contributed by atoms with E-state index in [0.717, 1.165) is 18.7 Å². The maximum Gasteiger partial charge on any atom is 0.251 e. The molecule has 0 bridgehead atoms. The van der Waals surface area contributed by atoms with Gasteiger partial charge >= 0.3 is 0 Å². The molecule has 5 rings (SSSR count). The molecule has 1 aliphatic heterocycles. The first kappa shape index (κ1) is 21.4. The summed E-state index contributed by atoms with van der Waals surface area (Å²) in [5.41, 5.74) is 1.54. The normalized spacial score (nSPS) is 22.2. The summed E-state index contributed by atoms with van der Waals surface area (Å²) in [5, 5.41) is 17.7. The van der Waals surface area contributed by atoms with Crippen molar-refractivity contribution in [2.75, 3.05) is 25.0 Å². The molecule has 3 aromatic rings. The highest BCUT2D eigenvalue weighted by Crippen LogP contribution is 2.45. The number of anilines is 1. The van der Waals surface area contributed by atoms with Gasteiger partial charge in [-0.15, -0.1) is 10.2 Å². The van der Waals surface area contributed by atoms with E-state index in [1.165, 1.54) is 18.3 Å². The third kappa shape index (κ3) is 4.41. The first-order valence-electron chi connectivity index (χ1n) is 11.0. The van der Waals surface area contributed by atoms with Gasteiger partial charge in [-0.25, -0.2) is 8.78 Å². The van der Waals surface area contributed by atoms with Gasteiger partial charge in [0.25, 0.3) is 5.91 Å². The van der Waals surface area contributed by atoms with E-state index in [0.29, 0.717) is 23.6 Å². The van der Waals surface area contributed by atoms with Crippen molar-refractivity contribution >= 4 is 11.7 Å². The van der Waals surface area contributed by atoms with Gasteiger partial charge in [0.2, 0.25) is 0 Å². The second kappa shape index (κ2) is 8.82. The average Bonchev–Trinajstić information content (AvgIpc) is 2.79. The fourth-order valence-corrected chi connectivity index (χ4v) is 4.31. The van der Waals surface area contributed by atoms with Crippen molar-refractivity contribution in [3.63, 3.8) is 0 Å². The molecule has 1 amide bonds. The fraction of sp³-hybridized carbons (Fsp3) is 0.333. The van der Waals surface area contributed by atoms with Crippen LogP contribution in [-0.2, 0) is 5.41 Å². The molecule has 9 heteroatoms. The standard InChI is InChI=1S/C24H24F2N6O/c25-17-10-24(11-17,22-19(26)5-2-8-28-22)14-29-21-7-6-20(31-32-21)15-3-1-4-16(9-15)23(33)30-18-12-27-13-18/h1-9,17-18,27H,10-14H2,(H,29,32)(H,30,33). The molecule has 0 spiro atoms. The number of nitrogens with zero attached hydrogens (tertiary/aromatic N) is 3. The van der Waals surface area contributed by atoms with Crippen molar-refractivity contribution < 1.29 is 13.6 Å². The van der Waals surface area contributed by atoms with Gasteiger partial charge in [0.1, 0.15) is 17.8 Å². The topological polar surface area (TPSA) is 91.8 Å². The number of rotatable bonds is 7. The summed E-state index contributed by atoms with van der Waals surface area (Å²) >= 11 is 0. The van der Waals surface area contributed by atoms with Gasteiger partial charge < -0.3 is 16.0 Å². The number of pyridine rings is 1. The Morgan fingerprint density at radius 2 is 1.97 bits per heavy atom. The predicted octanol–water partition coefficient (Wildman–Crippen LogP) is 2.86. The molecule has 1 aliphatic carbocycles. The van der Waals surface area contributed by atoms with E-state index in [9.17, 15) is 13.6 Å². The predicted molar refractivity (Wildman–Crippen MR) is 120 cm³/mol. The molecule has 2 fully saturated rings. The lowest BCUT2D eigenvalue weighted by atomic mass is 9.65. The highest BCUT2D eigenvalue weighted by Gasteiger charge is 2.48. The van der Waals surface area contributed by atoms with E-state index in [4.69, 9.17) is 0 Å². The van der Waals surface area contributed by atoms with Gasteiger partial charge in [-0.3, -0.25) is 9.78 Å². The highest BCUT2D eigenvalue weighted by molar-refractivity contribution is 5.95. The van der Waals surface area contributed by atoms with Crippen molar-refractivity contribution in [3.05, 3.63) is 71.8 Å². The van der Waals surface area contributed by atoms with Crippen LogP contribution in [0.25, 0.3) is 11.3 Å². The van der Waals surface area contributed by atoms with Crippen LogP contribution in [0.2, 0.25) is 0 Å². The quantitative estimate of drug-likeness (QED) is 0.513. The molecule has 1 saturated heterocycles. The molecule has 3 N–H and O–H groups in total. The van der Waals surface area contributed by atoms with Crippen LogP contribution in [-0.4, -0.2) is 52.9 Å². The molecule has 0 unspecified atom stereocenters. The number of aromatic nitrogens is 3. The van der Waals surface area contributed by atoms with E-state index < -0.39 is 17.4 Å². The van der Waals surface area contributed by atoms with Gasteiger partial charge in [-0.2, -0.15) is 0 Å². The summed E-state index contributed by atoms with van der Waals surface area (Å²) in [6.07, 6.45) is 0.987. The first-order chi connectivity index (χ1) is 16.0. The Morgan fingerprint density at radius 3 is 2.64 bits per heavy atom.